The van der Waals surface area contributed by atoms with Gasteiger partial charge in [0.25, 0.3) is 0 Å². The molecule has 0 aliphatic rings. The molecule has 0 aliphatic carbocycles. The van der Waals surface area contributed by atoms with Crippen LogP contribution in [0.1, 0.15) is 27.0 Å². The highest BCUT2D eigenvalue weighted by Crippen LogP contribution is 2.34. The Bertz CT molecular complexity index is 1110. The fraction of sp³-hybridized carbons (Fsp3) is 0.0333. The molecule has 0 spiro atoms. The van der Waals surface area contributed by atoms with Gasteiger partial charge in [0, 0.05) is 5.56 Å². The van der Waals surface area contributed by atoms with Crippen molar-refractivity contribution in [3.05, 3.63) is 156 Å². The Labute approximate surface area is 184 Å². The summed E-state index contributed by atoms with van der Waals surface area (Å²) in [6, 6.07) is 39.6. The Kier molecular flexibility index (Phi) is 6.35. The van der Waals surface area contributed by atoms with Crippen molar-refractivity contribution in [1.29, 1.82) is 0 Å². The van der Waals surface area contributed by atoms with E-state index in [9.17, 15) is 4.79 Å². The molecule has 0 aliphatic heterocycles. The van der Waals surface area contributed by atoms with Crippen LogP contribution < -0.4 is 0 Å². The average molecular weight is 401 g/mol. The first-order valence-electron chi connectivity index (χ1n) is 10.4. The van der Waals surface area contributed by atoms with Crippen LogP contribution in [0.5, 0.6) is 0 Å². The van der Waals surface area contributed by atoms with Crippen LogP contribution in [0.3, 0.4) is 0 Å². The molecule has 0 atom stereocenters. The van der Waals surface area contributed by atoms with Gasteiger partial charge in [0.05, 0.1) is 5.41 Å². The lowest BCUT2D eigenvalue weighted by atomic mass is 9.73. The third kappa shape index (κ3) is 4.79. The SMILES string of the molecule is O=C(c1ccccc1)C(C=Cc1ccccc1)(C=Cc1ccccc1)c1ccccc1. The van der Waals surface area contributed by atoms with Crippen LogP contribution in [0.2, 0.25) is 0 Å². The second-order valence-electron chi connectivity index (χ2n) is 7.42. The summed E-state index contributed by atoms with van der Waals surface area (Å²) < 4.78 is 0. The second kappa shape index (κ2) is 9.69. The number of allylic oxidation sites excluding steroid dienone is 2. The van der Waals surface area contributed by atoms with Gasteiger partial charge in [-0.05, 0) is 16.7 Å². The lowest BCUT2D eigenvalue weighted by Crippen LogP contribution is -2.32. The minimum Gasteiger partial charge on any atom is -0.292 e. The van der Waals surface area contributed by atoms with E-state index in [0.29, 0.717) is 5.56 Å². The molecule has 0 saturated heterocycles. The Morgan fingerprint density at radius 3 is 1.35 bits per heavy atom. The topological polar surface area (TPSA) is 17.1 Å². The molecule has 4 rings (SSSR count). The number of Topliss-reactive ketones (excluding diaryl/α,β-unsaturated/α-hetero) is 1. The van der Waals surface area contributed by atoms with E-state index in [-0.39, 0.29) is 5.78 Å². The van der Waals surface area contributed by atoms with Crippen LogP contribution in [0.15, 0.2) is 133 Å². The maximum atomic E-state index is 14.0. The molecule has 4 aromatic rings. The van der Waals surface area contributed by atoms with Crippen LogP contribution in [-0.2, 0) is 5.41 Å². The van der Waals surface area contributed by atoms with E-state index < -0.39 is 5.41 Å². The zero-order valence-electron chi connectivity index (χ0n) is 17.3. The van der Waals surface area contributed by atoms with Gasteiger partial charge >= 0.3 is 0 Å². The van der Waals surface area contributed by atoms with Gasteiger partial charge < -0.3 is 0 Å². The van der Waals surface area contributed by atoms with Crippen molar-refractivity contribution >= 4 is 17.9 Å². The molecule has 0 fully saturated rings. The molecule has 31 heavy (non-hydrogen) atoms. The summed E-state index contributed by atoms with van der Waals surface area (Å²) in [7, 11) is 0. The molecule has 0 heterocycles. The Balaban J connectivity index is 1.90. The number of carbonyl (C=O) groups is 1. The van der Waals surface area contributed by atoms with Crippen molar-refractivity contribution < 1.29 is 4.79 Å². The zero-order chi connectivity index (χ0) is 21.4. The molecule has 0 aromatic heterocycles. The highest BCUT2D eigenvalue weighted by molar-refractivity contribution is 6.08. The number of hydrogen-bond acceptors (Lipinski definition) is 1. The minimum absolute atomic E-state index is 0.0404. The fourth-order valence-electron chi connectivity index (χ4n) is 3.66. The number of benzene rings is 4. The summed E-state index contributed by atoms with van der Waals surface area (Å²) in [5.41, 5.74) is 2.78. The van der Waals surface area contributed by atoms with Gasteiger partial charge in [-0.3, -0.25) is 4.79 Å². The van der Waals surface area contributed by atoms with Gasteiger partial charge in [-0.1, -0.05) is 146 Å². The molecule has 0 amide bonds. The third-order valence-corrected chi connectivity index (χ3v) is 5.34. The van der Waals surface area contributed by atoms with Gasteiger partial charge in [-0.2, -0.15) is 0 Å². The lowest BCUT2D eigenvalue weighted by molar-refractivity contribution is 0.0943. The van der Waals surface area contributed by atoms with Crippen LogP contribution in [0.25, 0.3) is 12.2 Å². The van der Waals surface area contributed by atoms with Gasteiger partial charge in [-0.25, -0.2) is 0 Å². The van der Waals surface area contributed by atoms with Crippen molar-refractivity contribution in [2.45, 2.75) is 5.41 Å². The molecule has 0 radical (unpaired) electrons. The first-order chi connectivity index (χ1) is 15.3. The maximum absolute atomic E-state index is 14.0. The number of carbonyl (C=O) groups excluding carboxylic acids is 1. The second-order valence-corrected chi connectivity index (χ2v) is 7.42. The largest absolute Gasteiger partial charge is 0.292 e. The summed E-state index contributed by atoms with van der Waals surface area (Å²) in [6.07, 6.45) is 8.10. The first-order valence-corrected chi connectivity index (χ1v) is 10.4. The summed E-state index contributed by atoms with van der Waals surface area (Å²) in [5, 5.41) is 0. The number of ketones is 1. The predicted octanol–water partition coefficient (Wildman–Crippen LogP) is 7.23. The molecular weight excluding hydrogens is 376 g/mol. The third-order valence-electron chi connectivity index (χ3n) is 5.34. The summed E-state index contributed by atoms with van der Waals surface area (Å²) in [4.78, 5) is 14.0. The van der Waals surface area contributed by atoms with E-state index in [1.54, 1.807) is 0 Å². The van der Waals surface area contributed by atoms with Crippen molar-refractivity contribution in [3.8, 4) is 0 Å². The van der Waals surface area contributed by atoms with Crippen molar-refractivity contribution in [3.63, 3.8) is 0 Å². The van der Waals surface area contributed by atoms with E-state index in [1.807, 2.05) is 146 Å². The van der Waals surface area contributed by atoms with Crippen LogP contribution in [0.4, 0.5) is 0 Å². The minimum atomic E-state index is -0.936. The monoisotopic (exact) mass is 400 g/mol. The van der Waals surface area contributed by atoms with Crippen LogP contribution in [-0.4, -0.2) is 5.78 Å². The first kappa shape index (κ1) is 20.3. The Morgan fingerprint density at radius 1 is 0.516 bits per heavy atom. The predicted molar refractivity (Wildman–Crippen MR) is 130 cm³/mol. The van der Waals surface area contributed by atoms with Crippen LogP contribution in [0, 0.1) is 0 Å². The Morgan fingerprint density at radius 2 is 0.903 bits per heavy atom. The van der Waals surface area contributed by atoms with Crippen molar-refractivity contribution in [2.75, 3.05) is 0 Å². The van der Waals surface area contributed by atoms with Gasteiger partial charge in [-0.15, -0.1) is 0 Å². The van der Waals surface area contributed by atoms with Gasteiger partial charge in [0.1, 0.15) is 0 Å². The quantitative estimate of drug-likeness (QED) is 0.299. The fourth-order valence-corrected chi connectivity index (χ4v) is 3.66. The smallest absolute Gasteiger partial charge is 0.181 e. The van der Waals surface area contributed by atoms with Gasteiger partial charge in [0.2, 0.25) is 0 Å². The van der Waals surface area contributed by atoms with Crippen molar-refractivity contribution in [2.24, 2.45) is 0 Å². The summed E-state index contributed by atoms with van der Waals surface area (Å²) in [5.74, 6) is 0.0404. The molecule has 1 heteroatoms. The lowest BCUT2D eigenvalue weighted by Gasteiger charge is -2.27. The van der Waals surface area contributed by atoms with E-state index >= 15 is 0 Å². The van der Waals surface area contributed by atoms with E-state index in [2.05, 4.69) is 0 Å². The van der Waals surface area contributed by atoms with E-state index in [0.717, 1.165) is 16.7 Å². The number of rotatable bonds is 7. The van der Waals surface area contributed by atoms with E-state index in [1.165, 1.54) is 0 Å². The maximum Gasteiger partial charge on any atom is 0.181 e. The molecular formula is C30H24O. The normalized spacial score (nSPS) is 13.3. The molecule has 4 aromatic carbocycles. The van der Waals surface area contributed by atoms with Crippen LogP contribution >= 0.6 is 0 Å². The Hall–Kier alpha value is -3.97. The van der Waals surface area contributed by atoms with Gasteiger partial charge in [0.15, 0.2) is 5.78 Å². The molecule has 0 unspecified atom stereocenters. The molecule has 0 N–H and O–H groups in total. The van der Waals surface area contributed by atoms with Crippen molar-refractivity contribution in [1.82, 2.24) is 0 Å². The summed E-state index contributed by atoms with van der Waals surface area (Å²) in [6.45, 7) is 0. The molecule has 1 nitrogen and oxygen atoms in total. The number of hydrogen-bond donors (Lipinski definition) is 0. The molecule has 0 bridgehead atoms. The summed E-state index contributed by atoms with van der Waals surface area (Å²) >= 11 is 0. The molecule has 150 valence electrons. The van der Waals surface area contributed by atoms with E-state index in [4.69, 9.17) is 0 Å². The molecule has 0 saturated carbocycles. The average Bonchev–Trinajstić information content (AvgIpc) is 2.86. The highest BCUT2D eigenvalue weighted by atomic mass is 16.1. The zero-order valence-corrected chi connectivity index (χ0v) is 17.3. The standard InChI is InChI=1S/C30H24O/c31-29(27-17-9-3-10-18-27)30(28-19-11-4-12-20-28,23-21-25-13-5-1-6-14-25)24-22-26-15-7-2-8-16-26/h1-24H. The highest BCUT2D eigenvalue weighted by Gasteiger charge is 2.35.